The zero-order valence-electron chi connectivity index (χ0n) is 9.67. The molecule has 0 saturated carbocycles. The Balaban J connectivity index is 2.26. The number of rotatable bonds is 4. The quantitative estimate of drug-likeness (QED) is 0.859. The molecule has 1 aromatic heterocycles. The Labute approximate surface area is 101 Å². The fourth-order valence-corrected chi connectivity index (χ4v) is 1.80. The Morgan fingerprint density at radius 3 is 2.47 bits per heavy atom. The van der Waals surface area contributed by atoms with Crippen molar-refractivity contribution in [2.24, 2.45) is 5.73 Å². The van der Waals surface area contributed by atoms with E-state index in [2.05, 4.69) is 0 Å². The van der Waals surface area contributed by atoms with Crippen LogP contribution in [-0.2, 0) is 13.0 Å². The summed E-state index contributed by atoms with van der Waals surface area (Å²) in [5.74, 6) is 0. The van der Waals surface area contributed by atoms with E-state index in [0.29, 0.717) is 13.1 Å². The van der Waals surface area contributed by atoms with Crippen molar-refractivity contribution in [2.75, 3.05) is 6.54 Å². The van der Waals surface area contributed by atoms with Crippen LogP contribution in [0.15, 0.2) is 53.5 Å². The van der Waals surface area contributed by atoms with Gasteiger partial charge in [-0.2, -0.15) is 0 Å². The Morgan fingerprint density at radius 2 is 1.76 bits per heavy atom. The molecule has 3 nitrogen and oxygen atoms in total. The predicted octanol–water partition coefficient (Wildman–Crippen LogP) is 1.40. The monoisotopic (exact) mass is 228 g/mol. The number of pyridine rings is 1. The normalized spacial score (nSPS) is 10.4. The molecule has 0 aliphatic rings. The molecule has 0 amide bonds. The largest absolute Gasteiger partial charge is 0.330 e. The molecular formula is C14H16N2O. The van der Waals surface area contributed by atoms with Gasteiger partial charge in [0.1, 0.15) is 0 Å². The van der Waals surface area contributed by atoms with Gasteiger partial charge in [-0.05, 0) is 24.1 Å². The molecule has 1 aromatic carbocycles. The van der Waals surface area contributed by atoms with Crippen molar-refractivity contribution < 1.29 is 0 Å². The van der Waals surface area contributed by atoms with Crippen molar-refractivity contribution in [2.45, 2.75) is 13.0 Å². The smallest absolute Gasteiger partial charge is 0.250 e. The van der Waals surface area contributed by atoms with Gasteiger partial charge in [0.2, 0.25) is 0 Å². The van der Waals surface area contributed by atoms with Crippen molar-refractivity contribution in [3.63, 3.8) is 0 Å². The van der Waals surface area contributed by atoms with Gasteiger partial charge >= 0.3 is 0 Å². The van der Waals surface area contributed by atoms with Crippen LogP contribution >= 0.6 is 0 Å². The fourth-order valence-electron chi connectivity index (χ4n) is 1.80. The summed E-state index contributed by atoms with van der Waals surface area (Å²) >= 11 is 0. The maximum Gasteiger partial charge on any atom is 0.250 e. The first-order valence-corrected chi connectivity index (χ1v) is 5.73. The van der Waals surface area contributed by atoms with Gasteiger partial charge in [0.15, 0.2) is 0 Å². The summed E-state index contributed by atoms with van der Waals surface area (Å²) in [6.07, 6.45) is 2.69. The van der Waals surface area contributed by atoms with Gasteiger partial charge < -0.3 is 10.3 Å². The predicted molar refractivity (Wildman–Crippen MR) is 69.0 cm³/mol. The lowest BCUT2D eigenvalue weighted by Gasteiger charge is -2.07. The van der Waals surface area contributed by atoms with Gasteiger partial charge in [0.05, 0.1) is 6.54 Å². The van der Waals surface area contributed by atoms with Crippen LogP contribution in [0.1, 0.15) is 11.1 Å². The summed E-state index contributed by atoms with van der Waals surface area (Å²) in [5, 5.41) is 0. The third-order valence-corrected chi connectivity index (χ3v) is 2.67. The second-order valence-corrected chi connectivity index (χ2v) is 4.03. The minimum absolute atomic E-state index is 0.0228. The van der Waals surface area contributed by atoms with Gasteiger partial charge in [-0.15, -0.1) is 0 Å². The SMILES string of the molecule is NCCc1ccc(=O)n(Cc2ccccc2)c1. The highest BCUT2D eigenvalue weighted by Crippen LogP contribution is 2.02. The van der Waals surface area contributed by atoms with Crippen molar-refractivity contribution in [1.82, 2.24) is 4.57 Å². The molecule has 88 valence electrons. The van der Waals surface area contributed by atoms with Crippen molar-refractivity contribution in [3.05, 3.63) is 70.1 Å². The number of aromatic nitrogens is 1. The Morgan fingerprint density at radius 1 is 1.00 bits per heavy atom. The highest BCUT2D eigenvalue weighted by Gasteiger charge is 1.99. The van der Waals surface area contributed by atoms with Crippen LogP contribution in [0.4, 0.5) is 0 Å². The van der Waals surface area contributed by atoms with Crippen LogP contribution in [0.3, 0.4) is 0 Å². The van der Waals surface area contributed by atoms with Crippen LogP contribution in [-0.4, -0.2) is 11.1 Å². The molecule has 0 spiro atoms. The van der Waals surface area contributed by atoms with Crippen LogP contribution in [0, 0.1) is 0 Å². The maximum absolute atomic E-state index is 11.7. The molecule has 0 fully saturated rings. The zero-order valence-corrected chi connectivity index (χ0v) is 9.67. The second kappa shape index (κ2) is 5.46. The molecule has 0 atom stereocenters. The van der Waals surface area contributed by atoms with Gasteiger partial charge in [0.25, 0.3) is 5.56 Å². The van der Waals surface area contributed by atoms with Gasteiger partial charge in [-0.1, -0.05) is 36.4 Å². The molecule has 0 aliphatic heterocycles. The van der Waals surface area contributed by atoms with E-state index in [1.165, 1.54) is 0 Å². The molecule has 0 aliphatic carbocycles. The summed E-state index contributed by atoms with van der Waals surface area (Å²) in [5.41, 5.74) is 7.76. The number of nitrogens with two attached hydrogens (primary N) is 1. The second-order valence-electron chi connectivity index (χ2n) is 4.03. The van der Waals surface area contributed by atoms with E-state index in [0.717, 1.165) is 17.5 Å². The van der Waals surface area contributed by atoms with Crippen molar-refractivity contribution in [3.8, 4) is 0 Å². The lowest BCUT2D eigenvalue weighted by molar-refractivity contribution is 0.746. The number of benzene rings is 1. The summed E-state index contributed by atoms with van der Waals surface area (Å²) < 4.78 is 1.72. The first-order valence-electron chi connectivity index (χ1n) is 5.73. The van der Waals surface area contributed by atoms with E-state index >= 15 is 0 Å². The third-order valence-electron chi connectivity index (χ3n) is 2.67. The molecule has 17 heavy (non-hydrogen) atoms. The standard InChI is InChI=1S/C14H16N2O/c15-9-8-13-6-7-14(17)16(11-13)10-12-4-2-1-3-5-12/h1-7,11H,8-10,15H2. The molecule has 0 unspecified atom stereocenters. The van der Waals surface area contributed by atoms with Crippen LogP contribution in [0.25, 0.3) is 0 Å². The first kappa shape index (κ1) is 11.6. The molecule has 0 bridgehead atoms. The van der Waals surface area contributed by atoms with Crippen molar-refractivity contribution in [1.29, 1.82) is 0 Å². The van der Waals surface area contributed by atoms with Crippen LogP contribution < -0.4 is 11.3 Å². The summed E-state index contributed by atoms with van der Waals surface area (Å²) in [4.78, 5) is 11.7. The molecule has 3 heteroatoms. The Kier molecular flexibility index (Phi) is 3.73. The summed E-state index contributed by atoms with van der Waals surface area (Å²) in [6, 6.07) is 13.4. The molecule has 1 heterocycles. The van der Waals surface area contributed by atoms with Crippen LogP contribution in [0.5, 0.6) is 0 Å². The highest BCUT2D eigenvalue weighted by molar-refractivity contribution is 5.17. The average Bonchev–Trinajstić information content (AvgIpc) is 2.35. The molecule has 2 N–H and O–H groups in total. The molecule has 2 rings (SSSR count). The van der Waals surface area contributed by atoms with Gasteiger partial charge in [-0.3, -0.25) is 4.79 Å². The molecule has 2 aromatic rings. The number of hydrogen-bond acceptors (Lipinski definition) is 2. The number of hydrogen-bond donors (Lipinski definition) is 1. The Bertz CT molecular complexity index is 531. The molecule has 0 radical (unpaired) electrons. The lowest BCUT2D eigenvalue weighted by atomic mass is 10.2. The van der Waals surface area contributed by atoms with E-state index in [9.17, 15) is 4.79 Å². The minimum atomic E-state index is 0.0228. The van der Waals surface area contributed by atoms with Gasteiger partial charge in [-0.25, -0.2) is 0 Å². The average molecular weight is 228 g/mol. The zero-order chi connectivity index (χ0) is 12.1. The molecule has 0 saturated heterocycles. The fraction of sp³-hybridized carbons (Fsp3) is 0.214. The van der Waals surface area contributed by atoms with Crippen LogP contribution in [0.2, 0.25) is 0 Å². The molecular weight excluding hydrogens is 212 g/mol. The van der Waals surface area contributed by atoms with E-state index in [1.54, 1.807) is 10.6 Å². The number of nitrogens with zero attached hydrogens (tertiary/aromatic N) is 1. The highest BCUT2D eigenvalue weighted by atomic mass is 16.1. The van der Waals surface area contributed by atoms with Gasteiger partial charge in [0, 0.05) is 12.3 Å². The maximum atomic E-state index is 11.7. The van der Waals surface area contributed by atoms with E-state index in [1.807, 2.05) is 42.6 Å². The van der Waals surface area contributed by atoms with E-state index in [4.69, 9.17) is 5.73 Å². The lowest BCUT2D eigenvalue weighted by Crippen LogP contribution is -2.20. The third kappa shape index (κ3) is 3.04. The Hall–Kier alpha value is -1.87. The summed E-state index contributed by atoms with van der Waals surface area (Å²) in [6.45, 7) is 1.21. The van der Waals surface area contributed by atoms with E-state index < -0.39 is 0 Å². The topological polar surface area (TPSA) is 48.0 Å². The van der Waals surface area contributed by atoms with Crippen molar-refractivity contribution >= 4 is 0 Å². The minimum Gasteiger partial charge on any atom is -0.330 e. The summed E-state index contributed by atoms with van der Waals surface area (Å²) in [7, 11) is 0. The first-order chi connectivity index (χ1) is 8.29. The van der Waals surface area contributed by atoms with E-state index in [-0.39, 0.29) is 5.56 Å².